The van der Waals surface area contributed by atoms with E-state index < -0.39 is 11.9 Å². The van der Waals surface area contributed by atoms with Crippen LogP contribution in [0.15, 0.2) is 60.7 Å². The van der Waals surface area contributed by atoms with Crippen molar-refractivity contribution >= 4 is 11.9 Å². The average Bonchev–Trinajstić information content (AvgIpc) is 2.84. The lowest BCUT2D eigenvalue weighted by atomic mass is 9.90. The summed E-state index contributed by atoms with van der Waals surface area (Å²) < 4.78 is 12.0. The van der Waals surface area contributed by atoms with Crippen molar-refractivity contribution in [2.75, 3.05) is 0 Å². The van der Waals surface area contributed by atoms with Gasteiger partial charge in [0.15, 0.2) is 0 Å². The summed E-state index contributed by atoms with van der Waals surface area (Å²) in [4.78, 5) is 26.5. The zero-order valence-corrected chi connectivity index (χ0v) is 23.4. The smallest absolute Gasteiger partial charge is 0.343 e. The number of rotatable bonds is 5. The lowest BCUT2D eigenvalue weighted by molar-refractivity contribution is 0.0723. The number of hydrogen-bond acceptors (Lipinski definition) is 4. The van der Waals surface area contributed by atoms with E-state index >= 15 is 0 Å². The van der Waals surface area contributed by atoms with Crippen molar-refractivity contribution < 1.29 is 19.1 Å². The Balaban J connectivity index is 1.83. The van der Waals surface area contributed by atoms with Crippen LogP contribution in [0.3, 0.4) is 0 Å². The SMILES string of the molecule is Cc1cc(C)cc(C(=O)Oc2ccc(C)c(C)c2-c2c(OC(=O)c3cc(C)cc(C)c3)ccc(C)c2C)c1. The molecule has 0 atom stereocenters. The molecule has 0 aliphatic carbocycles. The van der Waals surface area contributed by atoms with E-state index in [0.717, 1.165) is 55.6 Å². The quantitative estimate of drug-likeness (QED) is 0.202. The summed E-state index contributed by atoms with van der Waals surface area (Å²) in [5, 5.41) is 0. The maximum atomic E-state index is 13.3. The van der Waals surface area contributed by atoms with Crippen molar-refractivity contribution in [1.82, 2.24) is 0 Å². The van der Waals surface area contributed by atoms with Gasteiger partial charge in [-0.15, -0.1) is 0 Å². The Labute approximate surface area is 225 Å². The van der Waals surface area contributed by atoms with Gasteiger partial charge in [0.05, 0.1) is 11.1 Å². The van der Waals surface area contributed by atoms with Crippen LogP contribution in [-0.4, -0.2) is 11.9 Å². The molecule has 4 aromatic rings. The standard InChI is InChI=1S/C34H34O4/c1-19-13-20(2)16-27(15-19)33(35)37-29-11-9-23(5)25(7)31(29)32-26(8)24(6)10-12-30(32)38-34(36)28-17-21(3)14-22(4)18-28/h9-18H,1-8H3. The zero-order valence-electron chi connectivity index (χ0n) is 23.4. The van der Waals surface area contributed by atoms with Gasteiger partial charge in [0.1, 0.15) is 11.5 Å². The minimum Gasteiger partial charge on any atom is -0.422 e. The fourth-order valence-electron chi connectivity index (χ4n) is 4.88. The van der Waals surface area contributed by atoms with Gasteiger partial charge in [-0.05, 0) is 114 Å². The highest BCUT2D eigenvalue weighted by molar-refractivity contribution is 5.95. The van der Waals surface area contributed by atoms with Gasteiger partial charge in [0.25, 0.3) is 0 Å². The van der Waals surface area contributed by atoms with Crippen LogP contribution >= 0.6 is 0 Å². The summed E-state index contributed by atoms with van der Waals surface area (Å²) in [6.45, 7) is 15.8. The second-order valence-electron chi connectivity index (χ2n) is 10.3. The van der Waals surface area contributed by atoms with Crippen molar-refractivity contribution in [2.24, 2.45) is 0 Å². The van der Waals surface area contributed by atoms with Gasteiger partial charge in [-0.3, -0.25) is 0 Å². The first-order valence-corrected chi connectivity index (χ1v) is 12.8. The molecule has 0 aromatic heterocycles. The molecular formula is C34H34O4. The molecule has 0 heterocycles. The van der Waals surface area contributed by atoms with Crippen molar-refractivity contribution in [3.8, 4) is 22.6 Å². The number of aryl methyl sites for hydroxylation is 6. The van der Waals surface area contributed by atoms with Crippen molar-refractivity contribution in [3.05, 3.63) is 116 Å². The van der Waals surface area contributed by atoms with Gasteiger partial charge >= 0.3 is 11.9 Å². The minimum atomic E-state index is -0.430. The van der Waals surface area contributed by atoms with E-state index in [1.54, 1.807) is 0 Å². The van der Waals surface area contributed by atoms with Gasteiger partial charge < -0.3 is 9.47 Å². The highest BCUT2D eigenvalue weighted by Crippen LogP contribution is 2.43. The molecule has 0 radical (unpaired) electrons. The van der Waals surface area contributed by atoms with Gasteiger partial charge in [-0.25, -0.2) is 9.59 Å². The Hall–Kier alpha value is -4.18. The van der Waals surface area contributed by atoms with E-state index in [2.05, 4.69) is 0 Å². The first-order chi connectivity index (χ1) is 17.9. The monoisotopic (exact) mass is 506 g/mol. The topological polar surface area (TPSA) is 52.6 Å². The fraction of sp³-hybridized carbons (Fsp3) is 0.235. The molecule has 0 fully saturated rings. The highest BCUT2D eigenvalue weighted by atomic mass is 16.5. The zero-order chi connectivity index (χ0) is 27.7. The van der Waals surface area contributed by atoms with E-state index in [9.17, 15) is 9.59 Å². The Morgan fingerprint density at radius 2 is 0.789 bits per heavy atom. The summed E-state index contributed by atoms with van der Waals surface area (Å²) in [5.41, 5.74) is 10.4. The summed E-state index contributed by atoms with van der Waals surface area (Å²) >= 11 is 0. The van der Waals surface area contributed by atoms with Crippen molar-refractivity contribution in [2.45, 2.75) is 55.4 Å². The third-order valence-corrected chi connectivity index (χ3v) is 6.97. The molecule has 0 aliphatic rings. The van der Waals surface area contributed by atoms with Crippen LogP contribution in [0.2, 0.25) is 0 Å². The number of carbonyl (C=O) groups is 2. The summed E-state index contributed by atoms with van der Waals surface area (Å²) in [5.74, 6) is -0.00917. The van der Waals surface area contributed by atoms with Crippen LogP contribution in [0.4, 0.5) is 0 Å². The maximum Gasteiger partial charge on any atom is 0.343 e. The van der Waals surface area contributed by atoms with E-state index in [4.69, 9.17) is 9.47 Å². The van der Waals surface area contributed by atoms with Gasteiger partial charge in [0, 0.05) is 11.1 Å². The third kappa shape index (κ3) is 5.55. The summed E-state index contributed by atoms with van der Waals surface area (Å²) in [6, 6.07) is 18.8. The van der Waals surface area contributed by atoms with Crippen molar-refractivity contribution in [1.29, 1.82) is 0 Å². The first-order valence-electron chi connectivity index (χ1n) is 12.8. The van der Waals surface area contributed by atoms with Crippen LogP contribution in [0, 0.1) is 55.4 Å². The van der Waals surface area contributed by atoms with E-state index in [1.165, 1.54) is 0 Å². The molecule has 4 aromatic carbocycles. The van der Waals surface area contributed by atoms with Crippen LogP contribution in [0.1, 0.15) is 65.2 Å². The highest BCUT2D eigenvalue weighted by Gasteiger charge is 2.23. The van der Waals surface area contributed by atoms with E-state index in [1.807, 2.05) is 116 Å². The second kappa shape index (κ2) is 10.7. The molecule has 4 rings (SSSR count). The van der Waals surface area contributed by atoms with Gasteiger partial charge in [-0.1, -0.05) is 46.5 Å². The Kier molecular flexibility index (Phi) is 7.54. The van der Waals surface area contributed by atoms with E-state index in [-0.39, 0.29) is 0 Å². The Morgan fingerprint density at radius 1 is 0.474 bits per heavy atom. The molecule has 4 nitrogen and oxygen atoms in total. The molecule has 0 saturated heterocycles. The van der Waals surface area contributed by atoms with Crippen LogP contribution < -0.4 is 9.47 Å². The van der Waals surface area contributed by atoms with Gasteiger partial charge in [0.2, 0.25) is 0 Å². The predicted octanol–water partition coefficient (Wildman–Crippen LogP) is 8.26. The van der Waals surface area contributed by atoms with Crippen LogP contribution in [0.25, 0.3) is 11.1 Å². The third-order valence-electron chi connectivity index (χ3n) is 6.97. The van der Waals surface area contributed by atoms with Crippen LogP contribution in [-0.2, 0) is 0 Å². The first kappa shape index (κ1) is 26.9. The molecule has 0 bridgehead atoms. The largest absolute Gasteiger partial charge is 0.422 e. The molecular weight excluding hydrogens is 472 g/mol. The average molecular weight is 507 g/mol. The predicted molar refractivity (Wildman–Crippen MR) is 153 cm³/mol. The number of carbonyl (C=O) groups excluding carboxylic acids is 2. The molecule has 0 N–H and O–H groups in total. The molecule has 0 amide bonds. The lowest BCUT2D eigenvalue weighted by Gasteiger charge is -2.21. The summed E-state index contributed by atoms with van der Waals surface area (Å²) in [6.07, 6.45) is 0. The molecule has 194 valence electrons. The summed E-state index contributed by atoms with van der Waals surface area (Å²) in [7, 11) is 0. The number of hydrogen-bond donors (Lipinski definition) is 0. The molecule has 4 heteroatoms. The van der Waals surface area contributed by atoms with E-state index in [0.29, 0.717) is 22.6 Å². The molecule has 0 saturated carbocycles. The second-order valence-corrected chi connectivity index (χ2v) is 10.3. The number of ether oxygens (including phenoxy) is 2. The number of benzene rings is 4. The Bertz CT molecular complexity index is 1420. The van der Waals surface area contributed by atoms with Crippen molar-refractivity contribution in [3.63, 3.8) is 0 Å². The number of esters is 2. The normalized spacial score (nSPS) is 10.8. The molecule has 0 unspecified atom stereocenters. The lowest BCUT2D eigenvalue weighted by Crippen LogP contribution is -2.12. The fourth-order valence-corrected chi connectivity index (χ4v) is 4.88. The van der Waals surface area contributed by atoms with Crippen LogP contribution in [0.5, 0.6) is 11.5 Å². The minimum absolute atomic E-state index is 0.426. The molecule has 38 heavy (non-hydrogen) atoms. The van der Waals surface area contributed by atoms with Gasteiger partial charge in [-0.2, -0.15) is 0 Å². The molecule has 0 spiro atoms. The molecule has 0 aliphatic heterocycles. The maximum absolute atomic E-state index is 13.3. The Morgan fingerprint density at radius 3 is 1.11 bits per heavy atom.